The Labute approximate surface area is 163 Å². The van der Waals surface area contributed by atoms with Gasteiger partial charge in [0.25, 0.3) is 0 Å². The van der Waals surface area contributed by atoms with Gasteiger partial charge in [0, 0.05) is 4.91 Å². The minimum atomic E-state index is -4.64. The van der Waals surface area contributed by atoms with Crippen molar-refractivity contribution in [3.63, 3.8) is 0 Å². The van der Waals surface area contributed by atoms with Crippen molar-refractivity contribution in [3.8, 4) is 0 Å². The summed E-state index contributed by atoms with van der Waals surface area (Å²) >= 11 is 0. The first kappa shape index (κ1) is 26.4. The topological polar surface area (TPSA) is 136 Å². The Kier molecular flexibility index (Phi) is 17.1. The summed E-state index contributed by atoms with van der Waals surface area (Å²) in [6.07, 6.45) is 15.5. The Hall–Kier alpha value is -0.620. The highest BCUT2D eigenvalue weighted by molar-refractivity contribution is 7.46. The van der Waals surface area contributed by atoms with Crippen LogP contribution in [0.4, 0.5) is 0 Å². The highest BCUT2D eigenvalue weighted by atomic mass is 31.2. The fraction of sp³-hybridized carbons (Fsp3) is 1.00. The summed E-state index contributed by atoms with van der Waals surface area (Å²) in [4.78, 5) is 20.0. The minimum Gasteiger partial charge on any atom is -0.393 e. The van der Waals surface area contributed by atoms with E-state index in [4.69, 9.17) is 15.3 Å². The lowest BCUT2D eigenvalue weighted by Crippen LogP contribution is -2.28. The quantitative estimate of drug-likeness (QED) is 0.0839. The highest BCUT2D eigenvalue weighted by Crippen LogP contribution is 2.36. The van der Waals surface area contributed by atoms with Crippen LogP contribution in [-0.4, -0.2) is 33.6 Å². The third kappa shape index (κ3) is 18.5. The molecule has 0 spiro atoms. The fourth-order valence-corrected chi connectivity index (χ4v) is 3.37. The van der Waals surface area contributed by atoms with E-state index in [9.17, 15) is 9.67 Å². The molecule has 0 aliphatic carbocycles. The number of nitrogens with zero attached hydrogens (tertiary/aromatic N) is 3. The van der Waals surface area contributed by atoms with E-state index < -0.39 is 26.6 Å². The lowest BCUT2D eigenvalue weighted by molar-refractivity contribution is 0.0933. The van der Waals surface area contributed by atoms with Crippen LogP contribution in [0.25, 0.3) is 10.4 Å². The van der Waals surface area contributed by atoms with Gasteiger partial charge in [-0.1, -0.05) is 95.5 Å². The third-order valence-corrected chi connectivity index (χ3v) is 5.15. The molecule has 0 bridgehead atoms. The van der Waals surface area contributed by atoms with Gasteiger partial charge in [0.2, 0.25) is 0 Å². The molecule has 9 heteroatoms. The van der Waals surface area contributed by atoms with E-state index in [1.54, 1.807) is 0 Å². The monoisotopic (exact) mass is 407 g/mol. The smallest absolute Gasteiger partial charge is 0.393 e. The van der Waals surface area contributed by atoms with Crippen LogP contribution in [0, 0.1) is 0 Å². The van der Waals surface area contributed by atoms with Gasteiger partial charge in [-0.3, -0.25) is 4.52 Å². The van der Waals surface area contributed by atoms with Crippen LogP contribution < -0.4 is 0 Å². The SMILES string of the molecule is CCCCCCCCCCCCCCC[C@@H](O)[C@H](COP(=O)(O)O)N=[N+]=[N-]. The van der Waals surface area contributed by atoms with Gasteiger partial charge in [0.15, 0.2) is 0 Å². The zero-order valence-corrected chi connectivity index (χ0v) is 17.6. The van der Waals surface area contributed by atoms with Crippen molar-refractivity contribution in [2.75, 3.05) is 6.61 Å². The molecule has 2 atom stereocenters. The second-order valence-corrected chi connectivity index (χ2v) is 8.40. The number of phosphoric acid groups is 1. The van der Waals surface area contributed by atoms with E-state index in [0.717, 1.165) is 19.3 Å². The molecule has 160 valence electrons. The zero-order valence-electron chi connectivity index (χ0n) is 16.7. The van der Waals surface area contributed by atoms with Crippen molar-refractivity contribution in [2.24, 2.45) is 5.11 Å². The van der Waals surface area contributed by atoms with E-state index in [0.29, 0.717) is 6.42 Å². The van der Waals surface area contributed by atoms with Crippen LogP contribution in [-0.2, 0) is 9.09 Å². The standard InChI is InChI=1S/C18H38N3O5P/c1-2-3-4-5-6-7-8-9-10-11-12-13-14-15-18(22)17(20-21-19)16-26-27(23,24)25/h17-18,22H,2-16H2,1H3,(H2,23,24,25)/t17-,18+/m0/s1. The van der Waals surface area contributed by atoms with Gasteiger partial charge in [-0.05, 0) is 12.0 Å². The molecule has 0 aromatic rings. The van der Waals surface area contributed by atoms with Crippen molar-refractivity contribution >= 4 is 7.82 Å². The molecule has 0 unspecified atom stereocenters. The second-order valence-electron chi connectivity index (χ2n) is 7.16. The molecule has 0 saturated heterocycles. The Morgan fingerprint density at radius 1 is 0.926 bits per heavy atom. The Morgan fingerprint density at radius 2 is 1.37 bits per heavy atom. The lowest BCUT2D eigenvalue weighted by Gasteiger charge is -2.18. The number of hydrogen-bond acceptors (Lipinski definition) is 4. The van der Waals surface area contributed by atoms with Gasteiger partial charge in [0.05, 0.1) is 18.8 Å². The zero-order chi connectivity index (χ0) is 20.4. The van der Waals surface area contributed by atoms with E-state index in [1.165, 1.54) is 64.2 Å². The molecule has 0 aromatic carbocycles. The molecular formula is C18H38N3O5P. The van der Waals surface area contributed by atoms with Gasteiger partial charge in [-0.2, -0.15) is 0 Å². The summed E-state index contributed by atoms with van der Waals surface area (Å²) in [5, 5.41) is 13.4. The summed E-state index contributed by atoms with van der Waals surface area (Å²) < 4.78 is 15.0. The van der Waals surface area contributed by atoms with E-state index >= 15 is 0 Å². The van der Waals surface area contributed by atoms with Crippen molar-refractivity contribution in [1.82, 2.24) is 0 Å². The first-order valence-electron chi connectivity index (χ1n) is 10.3. The Balaban J connectivity index is 3.61. The number of aliphatic hydroxyl groups excluding tert-OH is 1. The molecule has 0 aliphatic heterocycles. The fourth-order valence-electron chi connectivity index (χ4n) is 3.02. The highest BCUT2D eigenvalue weighted by Gasteiger charge is 2.22. The lowest BCUT2D eigenvalue weighted by atomic mass is 10.0. The number of aliphatic hydroxyl groups is 1. The van der Waals surface area contributed by atoms with Crippen LogP contribution in [0.5, 0.6) is 0 Å². The number of hydrogen-bond donors (Lipinski definition) is 3. The van der Waals surface area contributed by atoms with Crippen molar-refractivity contribution in [3.05, 3.63) is 10.4 Å². The average molecular weight is 407 g/mol. The maximum Gasteiger partial charge on any atom is 0.469 e. The first-order valence-corrected chi connectivity index (χ1v) is 11.9. The van der Waals surface area contributed by atoms with Crippen molar-refractivity contribution < 1.29 is 24.0 Å². The molecule has 0 amide bonds. The molecule has 0 saturated carbocycles. The molecule has 0 rings (SSSR count). The summed E-state index contributed by atoms with van der Waals surface area (Å²) in [6.45, 7) is 1.74. The predicted molar refractivity (Wildman–Crippen MR) is 107 cm³/mol. The molecule has 0 heterocycles. The van der Waals surface area contributed by atoms with Crippen LogP contribution in [0.1, 0.15) is 96.8 Å². The summed E-state index contributed by atoms with van der Waals surface area (Å²) in [5.41, 5.74) is 8.50. The molecule has 8 nitrogen and oxygen atoms in total. The average Bonchev–Trinajstić information content (AvgIpc) is 2.61. The van der Waals surface area contributed by atoms with E-state index in [-0.39, 0.29) is 0 Å². The first-order chi connectivity index (χ1) is 12.9. The maximum absolute atomic E-state index is 10.7. The van der Waals surface area contributed by atoms with Gasteiger partial charge < -0.3 is 14.9 Å². The maximum atomic E-state index is 10.7. The van der Waals surface area contributed by atoms with Gasteiger partial charge in [-0.15, -0.1) is 0 Å². The molecule has 0 fully saturated rings. The van der Waals surface area contributed by atoms with Crippen LogP contribution in [0.15, 0.2) is 5.11 Å². The Bertz CT molecular complexity index is 441. The van der Waals surface area contributed by atoms with Crippen LogP contribution in [0.2, 0.25) is 0 Å². The number of azide groups is 1. The van der Waals surface area contributed by atoms with Crippen molar-refractivity contribution in [1.29, 1.82) is 0 Å². The molecule has 0 aromatic heterocycles. The van der Waals surface area contributed by atoms with Crippen LogP contribution >= 0.6 is 7.82 Å². The van der Waals surface area contributed by atoms with E-state index in [2.05, 4.69) is 21.5 Å². The van der Waals surface area contributed by atoms with Gasteiger partial charge >= 0.3 is 7.82 Å². The summed E-state index contributed by atoms with van der Waals surface area (Å²) in [5.74, 6) is 0. The predicted octanol–water partition coefficient (Wildman–Crippen LogP) is 5.62. The van der Waals surface area contributed by atoms with Gasteiger partial charge in [0.1, 0.15) is 0 Å². The van der Waals surface area contributed by atoms with Crippen LogP contribution in [0.3, 0.4) is 0 Å². The molecule has 0 radical (unpaired) electrons. The van der Waals surface area contributed by atoms with Gasteiger partial charge in [-0.25, -0.2) is 4.57 Å². The molecular weight excluding hydrogens is 369 g/mol. The third-order valence-electron chi connectivity index (χ3n) is 4.66. The number of rotatable bonds is 19. The van der Waals surface area contributed by atoms with Crippen molar-refractivity contribution in [2.45, 2.75) is 109 Å². The summed E-state index contributed by atoms with van der Waals surface area (Å²) in [7, 11) is -4.64. The second kappa shape index (κ2) is 17.5. The number of unbranched alkanes of at least 4 members (excludes halogenated alkanes) is 12. The minimum absolute atomic E-state index is 0.423. The Morgan fingerprint density at radius 3 is 1.78 bits per heavy atom. The normalized spacial score (nSPS) is 13.9. The number of phosphoric ester groups is 1. The molecule has 3 N–H and O–H groups in total. The molecule has 0 aliphatic rings. The van der Waals surface area contributed by atoms with E-state index in [1.807, 2.05) is 0 Å². The molecule has 27 heavy (non-hydrogen) atoms. The summed E-state index contributed by atoms with van der Waals surface area (Å²) in [6, 6.07) is -0.986. The largest absolute Gasteiger partial charge is 0.469 e.